The molecule has 0 aliphatic heterocycles. The van der Waals surface area contributed by atoms with E-state index in [0.29, 0.717) is 16.6 Å². The van der Waals surface area contributed by atoms with E-state index in [1.54, 1.807) is 23.6 Å². The summed E-state index contributed by atoms with van der Waals surface area (Å²) < 4.78 is 24.7. The van der Waals surface area contributed by atoms with E-state index in [1.807, 2.05) is 25.1 Å². The number of esters is 1. The summed E-state index contributed by atoms with van der Waals surface area (Å²) in [4.78, 5) is 29.5. The number of carbonyl (C=O) groups is 2. The van der Waals surface area contributed by atoms with Crippen LogP contribution in [0.1, 0.15) is 18.2 Å². The van der Waals surface area contributed by atoms with Gasteiger partial charge in [0, 0.05) is 12.3 Å². The van der Waals surface area contributed by atoms with Gasteiger partial charge in [0.05, 0.1) is 11.4 Å². The van der Waals surface area contributed by atoms with Gasteiger partial charge in [0.1, 0.15) is 18.2 Å². The summed E-state index contributed by atoms with van der Waals surface area (Å²) in [6.45, 7) is 2.91. The molecule has 6 nitrogen and oxygen atoms in total. The molecule has 0 unspecified atom stereocenters. The van der Waals surface area contributed by atoms with Crippen molar-refractivity contribution in [3.05, 3.63) is 71.0 Å². The topological polar surface area (TPSA) is 68.7 Å². The first kappa shape index (κ1) is 20.5. The molecule has 29 heavy (non-hydrogen) atoms. The number of para-hydroxylation sites is 2. The van der Waals surface area contributed by atoms with Crippen LogP contribution in [0.3, 0.4) is 0 Å². The first-order valence-corrected chi connectivity index (χ1v) is 9.67. The van der Waals surface area contributed by atoms with Crippen LogP contribution < -0.4 is 9.64 Å². The molecule has 1 aromatic heterocycles. The molecule has 0 aliphatic rings. The normalized spacial score (nSPS) is 10.4. The van der Waals surface area contributed by atoms with Crippen molar-refractivity contribution in [2.24, 2.45) is 0 Å². The lowest BCUT2D eigenvalue weighted by molar-refractivity contribution is -0.147. The molecule has 1 amide bonds. The molecule has 150 valence electrons. The average molecular weight is 414 g/mol. The van der Waals surface area contributed by atoms with Gasteiger partial charge in [0.15, 0.2) is 11.7 Å². The number of amides is 1. The zero-order chi connectivity index (χ0) is 20.8. The highest BCUT2D eigenvalue weighted by Gasteiger charge is 2.21. The summed E-state index contributed by atoms with van der Waals surface area (Å²) in [6, 6.07) is 13.3. The summed E-state index contributed by atoms with van der Waals surface area (Å²) in [6.07, 6.45) is 0. The molecule has 3 rings (SSSR count). The lowest BCUT2D eigenvalue weighted by Gasteiger charge is -2.18. The molecule has 0 N–H and O–H groups in total. The number of thiazole rings is 1. The van der Waals surface area contributed by atoms with E-state index in [2.05, 4.69) is 4.98 Å². The number of nitrogens with zero attached hydrogens (tertiary/aromatic N) is 2. The van der Waals surface area contributed by atoms with Gasteiger partial charge in [-0.15, -0.1) is 11.3 Å². The van der Waals surface area contributed by atoms with Crippen LogP contribution in [0.5, 0.6) is 5.75 Å². The van der Waals surface area contributed by atoms with E-state index >= 15 is 0 Å². The number of aromatic nitrogens is 1. The predicted octanol–water partition coefficient (Wildman–Crippen LogP) is 4.40. The van der Waals surface area contributed by atoms with E-state index in [-0.39, 0.29) is 24.8 Å². The molecular weight excluding hydrogens is 395 g/mol. The highest BCUT2D eigenvalue weighted by Crippen LogP contribution is 2.30. The second-order valence-electron chi connectivity index (χ2n) is 6.14. The van der Waals surface area contributed by atoms with E-state index < -0.39 is 11.8 Å². The van der Waals surface area contributed by atoms with E-state index in [4.69, 9.17) is 9.47 Å². The van der Waals surface area contributed by atoms with Crippen molar-refractivity contribution in [1.82, 2.24) is 4.98 Å². The maximum absolute atomic E-state index is 14.1. The SMILES string of the molecule is CC(=O)N(c1nc(COC(=O)COc2ccccc2C)cs1)c1ccccc1F. The summed E-state index contributed by atoms with van der Waals surface area (Å²) in [5, 5.41) is 1.95. The van der Waals surface area contributed by atoms with Crippen LogP contribution >= 0.6 is 11.3 Å². The minimum atomic E-state index is -0.541. The van der Waals surface area contributed by atoms with Crippen molar-refractivity contribution < 1.29 is 23.5 Å². The molecule has 8 heteroatoms. The largest absolute Gasteiger partial charge is 0.482 e. The molecule has 0 atom stereocenters. The molecule has 0 aliphatic carbocycles. The van der Waals surface area contributed by atoms with Crippen LogP contribution in [0.15, 0.2) is 53.9 Å². The van der Waals surface area contributed by atoms with Gasteiger partial charge in [0.25, 0.3) is 0 Å². The van der Waals surface area contributed by atoms with Crippen LogP contribution in [0, 0.1) is 12.7 Å². The highest BCUT2D eigenvalue weighted by molar-refractivity contribution is 7.14. The Morgan fingerprint density at radius 2 is 1.86 bits per heavy atom. The number of aryl methyl sites for hydroxylation is 1. The number of hydrogen-bond donors (Lipinski definition) is 0. The number of hydrogen-bond acceptors (Lipinski definition) is 6. The first-order valence-electron chi connectivity index (χ1n) is 8.79. The van der Waals surface area contributed by atoms with Crippen LogP contribution in [0.25, 0.3) is 0 Å². The maximum atomic E-state index is 14.1. The van der Waals surface area contributed by atoms with Crippen LogP contribution in [-0.2, 0) is 20.9 Å². The zero-order valence-electron chi connectivity index (χ0n) is 15.9. The lowest BCUT2D eigenvalue weighted by atomic mass is 10.2. The third-order valence-corrected chi connectivity index (χ3v) is 4.83. The van der Waals surface area contributed by atoms with Gasteiger partial charge in [-0.1, -0.05) is 30.3 Å². The molecule has 0 spiro atoms. The monoisotopic (exact) mass is 414 g/mol. The molecule has 3 aromatic rings. The standard InChI is InChI=1S/C21H19FN2O4S/c1-14-7-3-6-10-19(14)27-12-20(26)28-11-16-13-29-21(23-16)24(15(2)25)18-9-5-4-8-17(18)22/h3-10,13H,11-12H2,1-2H3. The van der Waals surface area contributed by atoms with Crippen LogP contribution in [0.4, 0.5) is 15.2 Å². The fourth-order valence-corrected chi connectivity index (χ4v) is 3.42. The van der Waals surface area contributed by atoms with Gasteiger partial charge in [-0.2, -0.15) is 0 Å². The molecule has 2 aromatic carbocycles. The van der Waals surface area contributed by atoms with Gasteiger partial charge >= 0.3 is 5.97 Å². The fourth-order valence-electron chi connectivity index (χ4n) is 2.56. The Morgan fingerprint density at radius 3 is 2.59 bits per heavy atom. The number of ether oxygens (including phenoxy) is 2. The Bertz CT molecular complexity index is 1020. The summed E-state index contributed by atoms with van der Waals surface area (Å²) >= 11 is 1.16. The number of anilines is 2. The number of halogens is 1. The van der Waals surface area contributed by atoms with Gasteiger partial charge < -0.3 is 9.47 Å². The average Bonchev–Trinajstić information content (AvgIpc) is 3.15. The molecule has 0 fully saturated rings. The fraction of sp³-hybridized carbons (Fsp3) is 0.190. The van der Waals surface area contributed by atoms with E-state index in [0.717, 1.165) is 16.9 Å². The Labute approximate surface area is 171 Å². The van der Waals surface area contributed by atoms with E-state index in [9.17, 15) is 14.0 Å². The Kier molecular flexibility index (Phi) is 6.56. The smallest absolute Gasteiger partial charge is 0.344 e. The summed E-state index contributed by atoms with van der Waals surface area (Å²) in [5.41, 5.74) is 1.49. The maximum Gasteiger partial charge on any atom is 0.344 e. The van der Waals surface area contributed by atoms with Gasteiger partial charge in [-0.25, -0.2) is 14.2 Å². The molecule has 0 radical (unpaired) electrons. The minimum absolute atomic E-state index is 0.0739. The lowest BCUT2D eigenvalue weighted by Crippen LogP contribution is -2.23. The third-order valence-electron chi connectivity index (χ3n) is 3.96. The van der Waals surface area contributed by atoms with Crippen molar-refractivity contribution in [2.45, 2.75) is 20.5 Å². The number of benzene rings is 2. The van der Waals surface area contributed by atoms with Crippen LogP contribution in [-0.4, -0.2) is 23.5 Å². The van der Waals surface area contributed by atoms with Crippen molar-refractivity contribution in [1.29, 1.82) is 0 Å². The van der Waals surface area contributed by atoms with Crippen LogP contribution in [0.2, 0.25) is 0 Å². The van der Waals surface area contributed by atoms with Gasteiger partial charge in [-0.05, 0) is 30.7 Å². The van der Waals surface area contributed by atoms with Gasteiger partial charge in [0.2, 0.25) is 5.91 Å². The Hall–Kier alpha value is -3.26. The molecule has 0 saturated carbocycles. The van der Waals surface area contributed by atoms with E-state index in [1.165, 1.54) is 24.0 Å². The predicted molar refractivity (Wildman–Crippen MR) is 108 cm³/mol. The number of rotatable bonds is 7. The Balaban J connectivity index is 1.61. The van der Waals surface area contributed by atoms with Crippen molar-refractivity contribution in [3.63, 3.8) is 0 Å². The summed E-state index contributed by atoms with van der Waals surface area (Å²) in [5.74, 6) is -0.832. The third kappa shape index (κ3) is 5.17. The van der Waals surface area contributed by atoms with Crippen molar-refractivity contribution >= 4 is 34.0 Å². The van der Waals surface area contributed by atoms with Crippen molar-refractivity contribution in [2.75, 3.05) is 11.5 Å². The molecule has 0 saturated heterocycles. The highest BCUT2D eigenvalue weighted by atomic mass is 32.1. The minimum Gasteiger partial charge on any atom is -0.482 e. The second kappa shape index (κ2) is 9.29. The Morgan fingerprint density at radius 1 is 1.14 bits per heavy atom. The van der Waals surface area contributed by atoms with Crippen molar-refractivity contribution in [3.8, 4) is 5.75 Å². The summed E-state index contributed by atoms with van der Waals surface area (Å²) in [7, 11) is 0. The number of carbonyl (C=O) groups excluding carboxylic acids is 2. The molecular formula is C21H19FN2O4S. The molecule has 0 bridgehead atoms. The second-order valence-corrected chi connectivity index (χ2v) is 6.98. The zero-order valence-corrected chi connectivity index (χ0v) is 16.7. The first-order chi connectivity index (χ1) is 14.0. The van der Waals surface area contributed by atoms with Gasteiger partial charge in [-0.3, -0.25) is 9.69 Å². The quantitative estimate of drug-likeness (QED) is 0.536. The molecule has 1 heterocycles.